The first-order chi connectivity index (χ1) is 9.13. The Morgan fingerprint density at radius 3 is 2.68 bits per heavy atom. The highest BCUT2D eigenvalue weighted by Gasteiger charge is 2.18. The van der Waals surface area contributed by atoms with Gasteiger partial charge in [0, 0.05) is 15.4 Å². The Morgan fingerprint density at radius 2 is 2.11 bits per heavy atom. The van der Waals surface area contributed by atoms with Crippen LogP contribution in [-0.2, 0) is 6.42 Å². The second kappa shape index (κ2) is 6.89. The number of likely N-dealkylation sites (N-methyl/N-ethyl adjacent to an activating group) is 1. The summed E-state index contributed by atoms with van der Waals surface area (Å²) >= 11 is 11.8. The highest BCUT2D eigenvalue weighted by molar-refractivity contribution is 9.10. The molecule has 0 saturated carbocycles. The van der Waals surface area contributed by atoms with Gasteiger partial charge in [-0.25, -0.2) is 0 Å². The van der Waals surface area contributed by atoms with Crippen molar-refractivity contribution < 1.29 is 0 Å². The van der Waals surface area contributed by atoms with Gasteiger partial charge >= 0.3 is 0 Å². The lowest BCUT2D eigenvalue weighted by molar-refractivity contribution is 0.557. The van der Waals surface area contributed by atoms with Crippen LogP contribution >= 0.6 is 38.9 Å². The second-order valence-corrected chi connectivity index (χ2v) is 6.65. The van der Waals surface area contributed by atoms with Crippen LogP contribution < -0.4 is 5.32 Å². The second-order valence-electron chi connectivity index (χ2n) is 4.50. The van der Waals surface area contributed by atoms with E-state index in [0.29, 0.717) is 0 Å². The quantitative estimate of drug-likeness (QED) is 0.758. The van der Waals surface area contributed by atoms with Gasteiger partial charge in [-0.05, 0) is 42.5 Å². The van der Waals surface area contributed by atoms with E-state index in [9.17, 15) is 0 Å². The summed E-state index contributed by atoms with van der Waals surface area (Å²) < 4.78 is 1.15. The minimum Gasteiger partial charge on any atom is -0.309 e. The molecule has 1 nitrogen and oxygen atoms in total. The number of hydrogen-bond acceptors (Lipinski definition) is 2. The Morgan fingerprint density at radius 1 is 1.37 bits per heavy atom. The molecule has 0 bridgehead atoms. The SMILES string of the molecule is CCNC(Cc1ccccc1Br)c1scc(C)c1Cl. The van der Waals surface area contributed by atoms with Crippen LogP contribution in [0.2, 0.25) is 5.02 Å². The Labute approximate surface area is 132 Å². The zero-order valence-corrected chi connectivity index (χ0v) is 14.2. The van der Waals surface area contributed by atoms with Crippen LogP contribution in [0.25, 0.3) is 0 Å². The molecule has 1 heterocycles. The molecule has 4 heteroatoms. The van der Waals surface area contributed by atoms with E-state index in [1.165, 1.54) is 10.4 Å². The van der Waals surface area contributed by atoms with E-state index in [2.05, 4.69) is 58.7 Å². The molecule has 2 rings (SSSR count). The van der Waals surface area contributed by atoms with Crippen LogP contribution in [0.3, 0.4) is 0 Å². The Balaban J connectivity index is 2.26. The Hall–Kier alpha value is -0.350. The van der Waals surface area contributed by atoms with Gasteiger partial charge < -0.3 is 5.32 Å². The van der Waals surface area contributed by atoms with Gasteiger partial charge in [0.15, 0.2) is 0 Å². The molecule has 0 amide bonds. The molecule has 0 spiro atoms. The van der Waals surface area contributed by atoms with Gasteiger partial charge in [0.1, 0.15) is 0 Å². The molecule has 1 atom stereocenters. The first-order valence-electron chi connectivity index (χ1n) is 6.33. The molecule has 0 aliphatic rings. The third-order valence-corrected chi connectivity index (χ3v) is 5.68. The summed E-state index contributed by atoms with van der Waals surface area (Å²) in [5.41, 5.74) is 2.47. The summed E-state index contributed by atoms with van der Waals surface area (Å²) in [4.78, 5) is 1.23. The molecule has 102 valence electrons. The predicted octanol–water partition coefficient (Wildman–Crippen LogP) is 5.37. The first-order valence-corrected chi connectivity index (χ1v) is 8.38. The standard InChI is InChI=1S/C15H17BrClNS/c1-3-18-13(15-14(17)10(2)9-19-15)8-11-6-4-5-7-12(11)16/h4-7,9,13,18H,3,8H2,1-2H3. The zero-order valence-electron chi connectivity index (χ0n) is 11.0. The minimum atomic E-state index is 0.273. The summed E-state index contributed by atoms with van der Waals surface area (Å²) in [6.45, 7) is 5.12. The molecule has 1 aromatic heterocycles. The van der Waals surface area contributed by atoms with Gasteiger partial charge in [-0.1, -0.05) is 52.7 Å². The summed E-state index contributed by atoms with van der Waals surface area (Å²) in [5, 5.41) is 6.57. The van der Waals surface area contributed by atoms with E-state index in [1.54, 1.807) is 11.3 Å². The molecule has 1 unspecified atom stereocenters. The minimum absolute atomic E-state index is 0.273. The lowest BCUT2D eigenvalue weighted by atomic mass is 10.0. The summed E-state index contributed by atoms with van der Waals surface area (Å²) in [5.74, 6) is 0. The molecule has 0 radical (unpaired) electrons. The molecule has 1 aromatic carbocycles. The number of hydrogen-bond donors (Lipinski definition) is 1. The van der Waals surface area contributed by atoms with E-state index in [4.69, 9.17) is 11.6 Å². The average molecular weight is 359 g/mol. The van der Waals surface area contributed by atoms with Crippen molar-refractivity contribution in [1.82, 2.24) is 5.32 Å². The summed E-state index contributed by atoms with van der Waals surface area (Å²) in [6.07, 6.45) is 0.939. The van der Waals surface area contributed by atoms with Gasteiger partial charge in [0.2, 0.25) is 0 Å². The molecule has 1 N–H and O–H groups in total. The van der Waals surface area contributed by atoms with Gasteiger partial charge in [0.25, 0.3) is 0 Å². The molecule has 0 aliphatic carbocycles. The number of rotatable bonds is 5. The van der Waals surface area contributed by atoms with Crippen molar-refractivity contribution in [2.75, 3.05) is 6.54 Å². The van der Waals surface area contributed by atoms with Crippen molar-refractivity contribution in [3.8, 4) is 0 Å². The van der Waals surface area contributed by atoms with Gasteiger partial charge in [0.05, 0.1) is 5.02 Å². The van der Waals surface area contributed by atoms with Crippen molar-refractivity contribution in [2.24, 2.45) is 0 Å². The zero-order chi connectivity index (χ0) is 13.8. The molecule has 19 heavy (non-hydrogen) atoms. The number of nitrogens with one attached hydrogen (secondary N) is 1. The molecule has 0 aliphatic heterocycles. The smallest absolute Gasteiger partial charge is 0.0590 e. The summed E-state index contributed by atoms with van der Waals surface area (Å²) in [7, 11) is 0. The Bertz CT molecular complexity index is 553. The average Bonchev–Trinajstić information content (AvgIpc) is 2.72. The molecule has 0 fully saturated rings. The maximum absolute atomic E-state index is 6.40. The van der Waals surface area contributed by atoms with Crippen molar-refractivity contribution in [3.05, 3.63) is 55.1 Å². The van der Waals surface area contributed by atoms with E-state index in [1.807, 2.05) is 6.07 Å². The molecule has 0 saturated heterocycles. The highest BCUT2D eigenvalue weighted by Crippen LogP contribution is 2.34. The fourth-order valence-corrected chi connectivity index (χ4v) is 3.92. The number of aryl methyl sites for hydroxylation is 1. The molecule has 2 aromatic rings. The van der Waals surface area contributed by atoms with E-state index < -0.39 is 0 Å². The van der Waals surface area contributed by atoms with Crippen LogP contribution in [-0.4, -0.2) is 6.54 Å². The third-order valence-electron chi connectivity index (χ3n) is 3.07. The number of benzene rings is 1. The fraction of sp³-hybridized carbons (Fsp3) is 0.333. The van der Waals surface area contributed by atoms with Crippen LogP contribution in [0, 0.1) is 6.92 Å². The first kappa shape index (κ1) is 15.0. The number of thiophene rings is 1. The highest BCUT2D eigenvalue weighted by atomic mass is 79.9. The predicted molar refractivity (Wildman–Crippen MR) is 88.3 cm³/mol. The van der Waals surface area contributed by atoms with Crippen molar-refractivity contribution in [3.63, 3.8) is 0 Å². The largest absolute Gasteiger partial charge is 0.309 e. The van der Waals surface area contributed by atoms with E-state index >= 15 is 0 Å². The maximum Gasteiger partial charge on any atom is 0.0590 e. The topological polar surface area (TPSA) is 12.0 Å². The molecular formula is C15H17BrClNS. The Kier molecular flexibility index (Phi) is 5.46. The lowest BCUT2D eigenvalue weighted by Gasteiger charge is -2.18. The molecular weight excluding hydrogens is 342 g/mol. The van der Waals surface area contributed by atoms with Crippen molar-refractivity contribution in [1.29, 1.82) is 0 Å². The van der Waals surface area contributed by atoms with Crippen LogP contribution in [0.1, 0.15) is 29.0 Å². The van der Waals surface area contributed by atoms with Crippen molar-refractivity contribution in [2.45, 2.75) is 26.3 Å². The summed E-state index contributed by atoms with van der Waals surface area (Å²) in [6, 6.07) is 8.63. The monoisotopic (exact) mass is 357 g/mol. The normalized spacial score (nSPS) is 12.6. The van der Waals surface area contributed by atoms with Crippen molar-refractivity contribution >= 4 is 38.9 Å². The fourth-order valence-electron chi connectivity index (χ4n) is 2.07. The number of halogens is 2. The van der Waals surface area contributed by atoms with E-state index in [-0.39, 0.29) is 6.04 Å². The van der Waals surface area contributed by atoms with Gasteiger partial charge in [-0.2, -0.15) is 0 Å². The van der Waals surface area contributed by atoms with Gasteiger partial charge in [-0.3, -0.25) is 0 Å². The third kappa shape index (κ3) is 3.60. The van der Waals surface area contributed by atoms with E-state index in [0.717, 1.165) is 28.0 Å². The maximum atomic E-state index is 6.40. The lowest BCUT2D eigenvalue weighted by Crippen LogP contribution is -2.22. The van der Waals surface area contributed by atoms with Crippen LogP contribution in [0.5, 0.6) is 0 Å². The van der Waals surface area contributed by atoms with Gasteiger partial charge in [-0.15, -0.1) is 11.3 Å². The van der Waals surface area contributed by atoms with Crippen LogP contribution in [0.15, 0.2) is 34.1 Å². The van der Waals surface area contributed by atoms with Crippen LogP contribution in [0.4, 0.5) is 0 Å².